The number of nitrogens with one attached hydrogen (secondary N) is 1. The van der Waals surface area contributed by atoms with Gasteiger partial charge in [0.15, 0.2) is 0 Å². The van der Waals surface area contributed by atoms with Crippen LogP contribution in [0.25, 0.3) is 16.6 Å². The summed E-state index contributed by atoms with van der Waals surface area (Å²) in [5.74, 6) is -0.209. The van der Waals surface area contributed by atoms with Gasteiger partial charge in [-0.3, -0.25) is 9.35 Å². The third kappa shape index (κ3) is 3.98. The Labute approximate surface area is 160 Å². The quantitative estimate of drug-likeness (QED) is 0.623. The van der Waals surface area contributed by atoms with Gasteiger partial charge >= 0.3 is 10.4 Å². The summed E-state index contributed by atoms with van der Waals surface area (Å²) in [6.45, 7) is 1.16. The molecule has 1 aromatic heterocycles. The molecule has 1 atom stereocenters. The lowest BCUT2D eigenvalue weighted by atomic mass is 10.1. The first-order valence-corrected chi connectivity index (χ1v) is 9.89. The van der Waals surface area contributed by atoms with Crippen LogP contribution in [0.15, 0.2) is 48.7 Å². The van der Waals surface area contributed by atoms with Gasteiger partial charge in [-0.2, -0.15) is 13.5 Å². The van der Waals surface area contributed by atoms with Crippen LogP contribution >= 0.6 is 0 Å². The summed E-state index contributed by atoms with van der Waals surface area (Å²) in [4.78, 5) is 12.5. The molecule has 0 radical (unpaired) electrons. The Bertz CT molecular complexity index is 1140. The molecule has 0 saturated carbocycles. The number of carbonyl (C=O) groups excluding carboxylic acids is 1. The van der Waals surface area contributed by atoms with Crippen LogP contribution in [0.3, 0.4) is 0 Å². The zero-order chi connectivity index (χ0) is 19.7. The third-order valence-corrected chi connectivity index (χ3v) is 4.76. The van der Waals surface area contributed by atoms with Crippen LogP contribution in [0.4, 0.5) is 0 Å². The Morgan fingerprint density at radius 2 is 2.14 bits per heavy atom. The Kier molecular flexibility index (Phi) is 4.75. The van der Waals surface area contributed by atoms with Crippen LogP contribution in [0.2, 0.25) is 0 Å². The molecule has 9 nitrogen and oxygen atoms in total. The second-order valence-electron chi connectivity index (χ2n) is 6.37. The maximum absolute atomic E-state index is 12.5. The fraction of sp³-hybridized carbons (Fsp3) is 0.222. The summed E-state index contributed by atoms with van der Waals surface area (Å²) in [7, 11) is -4.60. The van der Waals surface area contributed by atoms with Crippen molar-refractivity contribution in [1.29, 1.82) is 0 Å². The minimum atomic E-state index is -4.60. The average Bonchev–Trinajstić information content (AvgIpc) is 3.29. The monoisotopic (exact) mass is 403 g/mol. The predicted molar refractivity (Wildman–Crippen MR) is 99.9 cm³/mol. The van der Waals surface area contributed by atoms with Gasteiger partial charge < -0.3 is 14.2 Å². The zero-order valence-corrected chi connectivity index (χ0v) is 15.4. The first kappa shape index (κ1) is 18.4. The maximum atomic E-state index is 12.5. The fourth-order valence-corrected chi connectivity index (χ4v) is 3.43. The smallest absolute Gasteiger partial charge is 0.379 e. The number of nitrogens with zero attached hydrogens (tertiary/aromatic N) is 2. The van der Waals surface area contributed by atoms with E-state index in [-0.39, 0.29) is 17.7 Å². The number of ether oxygens (including phenoxy) is 1. The van der Waals surface area contributed by atoms with Crippen molar-refractivity contribution < 1.29 is 26.7 Å². The number of aromatic nitrogens is 2. The van der Waals surface area contributed by atoms with Gasteiger partial charge in [0.2, 0.25) is 0 Å². The van der Waals surface area contributed by atoms with Gasteiger partial charge in [0, 0.05) is 17.6 Å². The number of carbonyl (C=O) groups is 1. The highest BCUT2D eigenvalue weighted by atomic mass is 32.3. The van der Waals surface area contributed by atoms with E-state index in [0.717, 1.165) is 6.42 Å². The van der Waals surface area contributed by atoms with Crippen molar-refractivity contribution in [3.63, 3.8) is 0 Å². The van der Waals surface area contributed by atoms with E-state index in [1.807, 2.05) is 6.07 Å². The summed E-state index contributed by atoms with van der Waals surface area (Å²) < 4.78 is 41.9. The lowest BCUT2D eigenvalue weighted by Gasteiger charge is -2.11. The third-order valence-electron chi connectivity index (χ3n) is 4.36. The normalized spacial score (nSPS) is 17.0. The number of hydrogen-bond acceptors (Lipinski definition) is 6. The minimum Gasteiger partial charge on any atom is -0.379 e. The predicted octanol–water partition coefficient (Wildman–Crippen LogP) is 1.73. The summed E-state index contributed by atoms with van der Waals surface area (Å²) in [6.07, 6.45) is 2.33. The Morgan fingerprint density at radius 1 is 1.29 bits per heavy atom. The molecule has 0 bridgehead atoms. The van der Waals surface area contributed by atoms with Gasteiger partial charge in [-0.05, 0) is 42.8 Å². The highest BCUT2D eigenvalue weighted by molar-refractivity contribution is 7.81. The van der Waals surface area contributed by atoms with E-state index in [2.05, 4.69) is 14.6 Å². The summed E-state index contributed by atoms with van der Waals surface area (Å²) >= 11 is 0. The molecule has 0 spiro atoms. The standard InChI is InChI=1S/C18H17N3O6S/c22-18(20-14-6-7-26-11-14)12-2-1-3-15(8-12)21-17-5-4-16(27-28(23,24)25)9-13(17)10-19-21/h1-5,8-10,14H,6-7,11H2,(H,20,22)(H,23,24,25)/t14-/m1/s1. The molecular formula is C18H17N3O6S. The van der Waals surface area contributed by atoms with Crippen molar-refractivity contribution in [2.75, 3.05) is 13.2 Å². The SMILES string of the molecule is O=C(N[C@@H]1CCOC1)c1cccc(-n2ncc3cc(OS(=O)(=O)O)ccc32)c1. The number of fused-ring (bicyclic) bond motifs is 1. The zero-order valence-electron chi connectivity index (χ0n) is 14.6. The number of amides is 1. The molecule has 1 amide bonds. The highest BCUT2D eigenvalue weighted by Crippen LogP contribution is 2.24. The van der Waals surface area contributed by atoms with Gasteiger partial charge in [0.05, 0.1) is 30.0 Å². The van der Waals surface area contributed by atoms with Gasteiger partial charge in [-0.15, -0.1) is 0 Å². The molecule has 1 fully saturated rings. The van der Waals surface area contributed by atoms with Crippen LogP contribution in [-0.4, -0.2) is 47.9 Å². The Balaban J connectivity index is 1.62. The molecule has 28 heavy (non-hydrogen) atoms. The first-order chi connectivity index (χ1) is 13.4. The fourth-order valence-electron chi connectivity index (χ4n) is 3.09. The molecule has 1 aliphatic heterocycles. The largest absolute Gasteiger partial charge is 0.446 e. The van der Waals surface area contributed by atoms with Gasteiger partial charge in [-0.1, -0.05) is 6.07 Å². The maximum Gasteiger partial charge on any atom is 0.446 e. The van der Waals surface area contributed by atoms with Crippen molar-refractivity contribution in [3.8, 4) is 11.4 Å². The van der Waals surface area contributed by atoms with Gasteiger partial charge in [-0.25, -0.2) is 4.68 Å². The van der Waals surface area contributed by atoms with Crippen molar-refractivity contribution in [3.05, 3.63) is 54.2 Å². The van der Waals surface area contributed by atoms with Crippen molar-refractivity contribution in [2.24, 2.45) is 0 Å². The van der Waals surface area contributed by atoms with Crippen molar-refractivity contribution in [1.82, 2.24) is 15.1 Å². The van der Waals surface area contributed by atoms with E-state index < -0.39 is 10.4 Å². The molecule has 1 aliphatic rings. The topological polar surface area (TPSA) is 120 Å². The van der Waals surface area contributed by atoms with Gasteiger partial charge in [0.25, 0.3) is 5.91 Å². The van der Waals surface area contributed by atoms with E-state index >= 15 is 0 Å². The van der Waals surface area contributed by atoms with Crippen LogP contribution < -0.4 is 9.50 Å². The molecule has 2 N–H and O–H groups in total. The second-order valence-corrected chi connectivity index (χ2v) is 7.39. The van der Waals surface area contributed by atoms with E-state index in [4.69, 9.17) is 9.29 Å². The summed E-state index contributed by atoms with van der Waals surface area (Å²) in [6, 6.07) is 11.5. The Hall–Kier alpha value is -2.95. The van der Waals surface area contributed by atoms with E-state index in [1.165, 1.54) is 18.3 Å². The van der Waals surface area contributed by atoms with Crippen LogP contribution in [0.1, 0.15) is 16.8 Å². The number of benzene rings is 2. The molecular weight excluding hydrogens is 386 g/mol. The van der Waals surface area contributed by atoms with Crippen LogP contribution in [0, 0.1) is 0 Å². The molecule has 0 unspecified atom stereocenters. The summed E-state index contributed by atoms with van der Waals surface area (Å²) in [5.41, 5.74) is 1.86. The lowest BCUT2D eigenvalue weighted by Crippen LogP contribution is -2.35. The Morgan fingerprint density at radius 3 is 2.89 bits per heavy atom. The first-order valence-electron chi connectivity index (χ1n) is 8.53. The van der Waals surface area contributed by atoms with E-state index in [9.17, 15) is 13.2 Å². The molecule has 2 heterocycles. The molecule has 146 valence electrons. The molecule has 10 heteroatoms. The second kappa shape index (κ2) is 7.23. The van der Waals surface area contributed by atoms with Crippen LogP contribution in [0.5, 0.6) is 5.75 Å². The minimum absolute atomic E-state index is 0.0166. The number of rotatable bonds is 5. The molecule has 4 rings (SSSR count). The molecule has 0 aliphatic carbocycles. The average molecular weight is 403 g/mol. The van der Waals surface area contributed by atoms with Crippen molar-refractivity contribution >= 4 is 27.2 Å². The van der Waals surface area contributed by atoms with E-state index in [0.29, 0.717) is 35.4 Å². The molecule has 3 aromatic rings. The van der Waals surface area contributed by atoms with E-state index in [1.54, 1.807) is 28.9 Å². The lowest BCUT2D eigenvalue weighted by molar-refractivity contribution is 0.0930. The molecule has 1 saturated heterocycles. The van der Waals surface area contributed by atoms with Gasteiger partial charge in [0.1, 0.15) is 5.75 Å². The summed E-state index contributed by atoms with van der Waals surface area (Å²) in [5, 5.41) is 7.86. The number of hydrogen-bond donors (Lipinski definition) is 2. The molecule has 2 aromatic carbocycles. The highest BCUT2D eigenvalue weighted by Gasteiger charge is 2.19. The van der Waals surface area contributed by atoms with Crippen molar-refractivity contribution in [2.45, 2.75) is 12.5 Å². The van der Waals surface area contributed by atoms with Crippen LogP contribution in [-0.2, 0) is 15.1 Å².